The molecule has 0 unspecified atom stereocenters. The molecule has 0 aromatic heterocycles. The summed E-state index contributed by atoms with van der Waals surface area (Å²) in [4.78, 5) is 2.26. The van der Waals surface area contributed by atoms with Crippen LogP contribution in [0.3, 0.4) is 0 Å². The zero-order valence-corrected chi connectivity index (χ0v) is 11.4. The minimum absolute atomic E-state index is 0.747. The lowest BCUT2D eigenvalue weighted by Crippen LogP contribution is -2.35. The van der Waals surface area contributed by atoms with E-state index in [4.69, 9.17) is 23.8 Å². The van der Waals surface area contributed by atoms with Crippen LogP contribution in [0, 0.1) is 0 Å². The molecule has 1 aliphatic rings. The summed E-state index contributed by atoms with van der Waals surface area (Å²) in [7, 11) is 0. The van der Waals surface area contributed by atoms with Crippen molar-refractivity contribution in [1.29, 1.82) is 0 Å². The summed E-state index contributed by atoms with van der Waals surface area (Å²) < 4.78 is 0. The van der Waals surface area contributed by atoms with Gasteiger partial charge >= 0.3 is 0 Å². The molecule has 2 nitrogen and oxygen atoms in total. The molecule has 0 amide bonds. The van der Waals surface area contributed by atoms with Gasteiger partial charge in [0.05, 0.1) is 0 Å². The third-order valence-corrected chi connectivity index (χ3v) is 3.60. The minimum atomic E-state index is 0.747. The van der Waals surface area contributed by atoms with E-state index in [1.54, 1.807) is 0 Å². The van der Waals surface area contributed by atoms with Crippen LogP contribution in [0.15, 0.2) is 24.3 Å². The van der Waals surface area contributed by atoms with Gasteiger partial charge in [-0.25, -0.2) is 0 Å². The number of halogens is 1. The van der Waals surface area contributed by atoms with Crippen LogP contribution in [0.25, 0.3) is 0 Å². The van der Waals surface area contributed by atoms with Crippen LogP contribution in [-0.2, 0) is 0 Å². The van der Waals surface area contributed by atoms with Gasteiger partial charge in [0, 0.05) is 23.8 Å². The smallest absolute Gasteiger partial charge is 0.173 e. The molecule has 1 aromatic rings. The molecule has 2 rings (SSSR count). The van der Waals surface area contributed by atoms with Gasteiger partial charge in [0.25, 0.3) is 0 Å². The number of benzene rings is 1. The molecule has 0 radical (unpaired) electrons. The lowest BCUT2D eigenvalue weighted by molar-refractivity contribution is 0.441. The second-order valence-electron chi connectivity index (χ2n) is 4.34. The Hall–Kier alpha value is -0.800. The molecule has 17 heavy (non-hydrogen) atoms. The van der Waals surface area contributed by atoms with E-state index in [9.17, 15) is 0 Å². The summed E-state index contributed by atoms with van der Waals surface area (Å²) in [6.45, 7) is 2.14. The van der Waals surface area contributed by atoms with Gasteiger partial charge in [-0.2, -0.15) is 0 Å². The van der Waals surface area contributed by atoms with Crippen LogP contribution in [0.2, 0.25) is 5.02 Å². The Bertz CT molecular complexity index is 370. The maximum atomic E-state index is 5.85. The number of rotatable bonds is 1. The first-order valence-corrected chi connectivity index (χ1v) is 6.86. The summed E-state index contributed by atoms with van der Waals surface area (Å²) in [6, 6.07) is 7.64. The molecule has 4 heteroatoms. The van der Waals surface area contributed by atoms with Crippen molar-refractivity contribution >= 4 is 34.6 Å². The van der Waals surface area contributed by atoms with E-state index in [2.05, 4.69) is 10.2 Å². The van der Waals surface area contributed by atoms with Crippen molar-refractivity contribution in [2.24, 2.45) is 0 Å². The molecule has 0 bridgehead atoms. The van der Waals surface area contributed by atoms with Gasteiger partial charge in [-0.3, -0.25) is 0 Å². The molecule has 0 atom stereocenters. The fourth-order valence-corrected chi connectivity index (χ4v) is 2.44. The molecular weight excluding hydrogens is 252 g/mol. The van der Waals surface area contributed by atoms with Gasteiger partial charge in [-0.15, -0.1) is 0 Å². The Kier molecular flexibility index (Phi) is 4.63. The molecule has 1 heterocycles. The topological polar surface area (TPSA) is 15.3 Å². The number of likely N-dealkylation sites (tertiary alicyclic amines) is 1. The minimum Gasteiger partial charge on any atom is -0.349 e. The zero-order valence-electron chi connectivity index (χ0n) is 9.79. The molecule has 1 fully saturated rings. The first-order chi connectivity index (χ1) is 8.25. The third kappa shape index (κ3) is 3.86. The van der Waals surface area contributed by atoms with E-state index in [-0.39, 0.29) is 0 Å². The highest BCUT2D eigenvalue weighted by molar-refractivity contribution is 7.80. The number of anilines is 1. The van der Waals surface area contributed by atoms with Gasteiger partial charge in [0.15, 0.2) is 5.11 Å². The van der Waals surface area contributed by atoms with E-state index in [1.807, 2.05) is 24.3 Å². The summed E-state index contributed by atoms with van der Waals surface area (Å²) in [5.41, 5.74) is 1.00. The van der Waals surface area contributed by atoms with Crippen molar-refractivity contribution in [3.63, 3.8) is 0 Å². The molecular formula is C13H17ClN2S. The summed E-state index contributed by atoms with van der Waals surface area (Å²) in [6.07, 6.45) is 5.12. The zero-order chi connectivity index (χ0) is 12.1. The average Bonchev–Trinajstić information content (AvgIpc) is 2.61. The maximum Gasteiger partial charge on any atom is 0.173 e. The second-order valence-corrected chi connectivity index (χ2v) is 5.16. The van der Waals surface area contributed by atoms with Crippen LogP contribution < -0.4 is 5.32 Å². The normalized spacial score (nSPS) is 16.4. The summed E-state index contributed by atoms with van der Waals surface area (Å²) >= 11 is 11.3. The Morgan fingerprint density at radius 3 is 2.24 bits per heavy atom. The van der Waals surface area contributed by atoms with E-state index < -0.39 is 0 Å². The molecule has 0 spiro atoms. The van der Waals surface area contributed by atoms with Crippen LogP contribution in [0.4, 0.5) is 5.69 Å². The van der Waals surface area contributed by atoms with Gasteiger partial charge in [-0.1, -0.05) is 24.4 Å². The number of thiocarbonyl (C=S) groups is 1. The monoisotopic (exact) mass is 268 g/mol. The quantitative estimate of drug-likeness (QED) is 0.778. The van der Waals surface area contributed by atoms with E-state index in [0.29, 0.717) is 0 Å². The number of hydrogen-bond donors (Lipinski definition) is 1. The number of hydrogen-bond acceptors (Lipinski definition) is 1. The van der Waals surface area contributed by atoms with Crippen molar-refractivity contribution in [2.45, 2.75) is 25.7 Å². The van der Waals surface area contributed by atoms with Crippen LogP contribution >= 0.6 is 23.8 Å². The Labute approximate surface area is 113 Å². The molecule has 0 saturated carbocycles. The number of nitrogens with zero attached hydrogens (tertiary/aromatic N) is 1. The first-order valence-electron chi connectivity index (χ1n) is 6.07. The summed E-state index contributed by atoms with van der Waals surface area (Å²) in [5, 5.41) is 4.84. The fourth-order valence-electron chi connectivity index (χ4n) is 2.01. The molecule has 1 aliphatic heterocycles. The molecule has 1 saturated heterocycles. The van der Waals surface area contributed by atoms with Crippen molar-refractivity contribution in [1.82, 2.24) is 4.90 Å². The summed E-state index contributed by atoms with van der Waals surface area (Å²) in [5.74, 6) is 0. The van der Waals surface area contributed by atoms with Gasteiger partial charge in [-0.05, 0) is 49.3 Å². The lowest BCUT2D eigenvalue weighted by atomic mass is 10.2. The predicted octanol–water partition coefficient (Wildman–Crippen LogP) is 3.91. The maximum absolute atomic E-state index is 5.85. The van der Waals surface area contributed by atoms with Crippen molar-refractivity contribution in [2.75, 3.05) is 18.4 Å². The molecule has 1 aromatic carbocycles. The van der Waals surface area contributed by atoms with E-state index in [0.717, 1.165) is 28.9 Å². The number of nitrogens with one attached hydrogen (secondary N) is 1. The highest BCUT2D eigenvalue weighted by atomic mass is 35.5. The van der Waals surface area contributed by atoms with Crippen molar-refractivity contribution in [3.05, 3.63) is 29.3 Å². The Balaban J connectivity index is 1.93. The fraction of sp³-hybridized carbons (Fsp3) is 0.462. The lowest BCUT2D eigenvalue weighted by Gasteiger charge is -2.23. The van der Waals surface area contributed by atoms with Gasteiger partial charge in [0.1, 0.15) is 0 Å². The van der Waals surface area contributed by atoms with Crippen LogP contribution in [0.5, 0.6) is 0 Å². The first kappa shape index (κ1) is 12.7. The van der Waals surface area contributed by atoms with Gasteiger partial charge < -0.3 is 10.2 Å². The van der Waals surface area contributed by atoms with Crippen molar-refractivity contribution in [3.8, 4) is 0 Å². The third-order valence-electron chi connectivity index (χ3n) is 2.99. The predicted molar refractivity (Wildman–Crippen MR) is 77.7 cm³/mol. The highest BCUT2D eigenvalue weighted by Gasteiger charge is 2.11. The average molecular weight is 269 g/mol. The molecule has 0 aliphatic carbocycles. The second kappa shape index (κ2) is 6.22. The molecule has 92 valence electrons. The standard InChI is InChI=1S/C13H17ClN2S/c14-11-5-7-12(8-6-11)15-13(17)16-9-3-1-2-4-10-16/h5-8H,1-4,9-10H2,(H,15,17). The van der Waals surface area contributed by atoms with Gasteiger partial charge in [0.2, 0.25) is 0 Å². The van der Waals surface area contributed by atoms with Crippen molar-refractivity contribution < 1.29 is 0 Å². The highest BCUT2D eigenvalue weighted by Crippen LogP contribution is 2.15. The molecule has 1 N–H and O–H groups in total. The van der Waals surface area contributed by atoms with Crippen LogP contribution in [0.1, 0.15) is 25.7 Å². The Morgan fingerprint density at radius 2 is 1.65 bits per heavy atom. The SMILES string of the molecule is S=C(Nc1ccc(Cl)cc1)N1CCCCCC1. The largest absolute Gasteiger partial charge is 0.349 e. The van der Waals surface area contributed by atoms with E-state index >= 15 is 0 Å². The van der Waals surface area contributed by atoms with Crippen LogP contribution in [-0.4, -0.2) is 23.1 Å². The Morgan fingerprint density at radius 1 is 1.06 bits per heavy atom. The van der Waals surface area contributed by atoms with E-state index in [1.165, 1.54) is 25.7 Å².